The Kier molecular flexibility index (Phi) is 8.15. The van der Waals surface area contributed by atoms with Gasteiger partial charge in [0.05, 0.1) is 17.4 Å². The molecule has 12 heteroatoms. The van der Waals surface area contributed by atoms with Crippen LogP contribution < -0.4 is 20.3 Å². The van der Waals surface area contributed by atoms with Crippen molar-refractivity contribution in [3.8, 4) is 5.75 Å². The number of carbonyl (C=O) groups excluding carboxylic acids is 3. The highest BCUT2D eigenvalue weighted by Gasteiger charge is 2.52. The maximum Gasteiger partial charge on any atom is 0.573 e. The van der Waals surface area contributed by atoms with Crippen LogP contribution in [0.3, 0.4) is 0 Å². The number of nitrogens with one attached hydrogen (secondary N) is 2. The first kappa shape index (κ1) is 28.3. The van der Waals surface area contributed by atoms with Crippen LogP contribution in [-0.2, 0) is 16.1 Å². The summed E-state index contributed by atoms with van der Waals surface area (Å²) in [5.41, 5.74) is -0.780. The van der Waals surface area contributed by atoms with Crippen molar-refractivity contribution in [3.63, 3.8) is 0 Å². The summed E-state index contributed by atoms with van der Waals surface area (Å²) in [6.45, 7) is 4.94. The van der Waals surface area contributed by atoms with Crippen LogP contribution in [0.4, 0.5) is 29.3 Å². The van der Waals surface area contributed by atoms with Gasteiger partial charge in [0.1, 0.15) is 5.54 Å². The van der Waals surface area contributed by atoms with E-state index in [1.807, 2.05) is 0 Å². The van der Waals surface area contributed by atoms with Crippen LogP contribution in [0.25, 0.3) is 0 Å². The third-order valence-electron chi connectivity index (χ3n) is 7.10. The number of amides is 4. The molecule has 39 heavy (non-hydrogen) atoms. The fraction of sp³-hybridized carbons (Fsp3) is 0.481. The zero-order valence-corrected chi connectivity index (χ0v) is 22.0. The number of pyridine rings is 1. The second kappa shape index (κ2) is 11.2. The van der Waals surface area contributed by atoms with E-state index in [2.05, 4.69) is 20.4 Å². The molecule has 2 N–H and O–H groups in total. The number of imide groups is 1. The summed E-state index contributed by atoms with van der Waals surface area (Å²) < 4.78 is 43.5. The predicted molar refractivity (Wildman–Crippen MR) is 138 cm³/mol. The van der Waals surface area contributed by atoms with Crippen molar-refractivity contribution < 1.29 is 32.3 Å². The molecule has 2 fully saturated rings. The van der Waals surface area contributed by atoms with Gasteiger partial charge in [-0.05, 0) is 69.5 Å². The molecule has 0 radical (unpaired) electrons. The van der Waals surface area contributed by atoms with E-state index in [1.54, 1.807) is 45.3 Å². The first-order chi connectivity index (χ1) is 18.4. The minimum atomic E-state index is -5.02. The summed E-state index contributed by atoms with van der Waals surface area (Å²) in [4.78, 5) is 46.0. The molecule has 0 bridgehead atoms. The fourth-order valence-electron chi connectivity index (χ4n) is 4.91. The second-order valence-electron chi connectivity index (χ2n) is 10.4. The van der Waals surface area contributed by atoms with E-state index in [4.69, 9.17) is 0 Å². The van der Waals surface area contributed by atoms with Gasteiger partial charge in [-0.15, -0.1) is 13.2 Å². The number of nitrogens with zero attached hydrogens (tertiary/aromatic N) is 3. The lowest BCUT2D eigenvalue weighted by Gasteiger charge is -2.27. The number of alkyl halides is 3. The van der Waals surface area contributed by atoms with Crippen molar-refractivity contribution >= 4 is 29.2 Å². The monoisotopic (exact) mass is 547 g/mol. The number of halogens is 3. The Hall–Kier alpha value is -3.67. The van der Waals surface area contributed by atoms with Gasteiger partial charge in [0.15, 0.2) is 5.75 Å². The predicted octanol–water partition coefficient (Wildman–Crippen LogP) is 4.98. The molecule has 1 aliphatic heterocycles. The first-order valence-electron chi connectivity index (χ1n) is 12.9. The van der Waals surface area contributed by atoms with Gasteiger partial charge in [0, 0.05) is 25.0 Å². The maximum atomic E-state index is 13.4. The number of carbonyl (C=O) groups is 3. The normalized spacial score (nSPS) is 18.8. The van der Waals surface area contributed by atoms with E-state index in [0.717, 1.165) is 54.7 Å². The highest BCUT2D eigenvalue weighted by atomic mass is 19.4. The molecule has 1 aromatic carbocycles. The van der Waals surface area contributed by atoms with Crippen LogP contribution in [0, 0.1) is 0 Å². The van der Waals surface area contributed by atoms with Crippen molar-refractivity contribution in [2.75, 3.05) is 10.2 Å². The molecule has 2 heterocycles. The van der Waals surface area contributed by atoms with E-state index in [9.17, 15) is 27.6 Å². The number of hydrogen-bond donors (Lipinski definition) is 2. The fourth-order valence-corrected chi connectivity index (χ4v) is 4.91. The second-order valence-corrected chi connectivity index (χ2v) is 10.4. The molecule has 1 saturated carbocycles. The summed E-state index contributed by atoms with van der Waals surface area (Å²) in [6, 6.07) is 5.56. The van der Waals surface area contributed by atoms with Crippen LogP contribution in [0.5, 0.6) is 5.75 Å². The number of urea groups is 1. The van der Waals surface area contributed by atoms with E-state index < -0.39 is 41.5 Å². The highest BCUT2D eigenvalue weighted by molar-refractivity contribution is 6.23. The number of ether oxygens (including phenoxy) is 1. The van der Waals surface area contributed by atoms with Gasteiger partial charge in [0.25, 0.3) is 5.91 Å². The quantitative estimate of drug-likeness (QED) is 0.452. The molecule has 0 spiro atoms. The standard InChI is InChI=1S/C27H32F3N5O4/c1-17(32-19-7-5-4-6-8-19)23(36)33-21-15-20(9-10-22(21)39-27(28,29)30)35-24(37)26(2,3)34(25(35)38)16-18-11-13-31-14-12-18/h9-15,17,19,32H,4-8,16H2,1-3H3,(H,33,36). The third kappa shape index (κ3) is 6.49. The highest BCUT2D eigenvalue weighted by Crippen LogP contribution is 2.38. The molecule has 1 saturated heterocycles. The van der Waals surface area contributed by atoms with Gasteiger partial charge in [-0.2, -0.15) is 0 Å². The van der Waals surface area contributed by atoms with Crippen LogP contribution in [0.1, 0.15) is 58.4 Å². The molecular weight excluding hydrogens is 515 g/mol. The lowest BCUT2D eigenvalue weighted by Crippen LogP contribution is -2.44. The van der Waals surface area contributed by atoms with Crippen molar-refractivity contribution in [1.82, 2.24) is 15.2 Å². The summed E-state index contributed by atoms with van der Waals surface area (Å²) in [5.74, 6) is -1.78. The Bertz CT molecular complexity index is 1220. The van der Waals surface area contributed by atoms with Crippen molar-refractivity contribution in [2.24, 2.45) is 0 Å². The summed E-state index contributed by atoms with van der Waals surface area (Å²) in [6.07, 6.45) is 3.18. The average molecular weight is 548 g/mol. The molecule has 2 aliphatic rings. The summed E-state index contributed by atoms with van der Waals surface area (Å²) in [5, 5.41) is 5.72. The van der Waals surface area contributed by atoms with Crippen LogP contribution in [0.15, 0.2) is 42.7 Å². The van der Waals surface area contributed by atoms with Crippen LogP contribution in [0.2, 0.25) is 0 Å². The average Bonchev–Trinajstić information content (AvgIpc) is 3.04. The number of rotatable bonds is 8. The van der Waals surface area contributed by atoms with E-state index in [1.165, 1.54) is 11.0 Å². The minimum absolute atomic E-state index is 0.00743. The first-order valence-corrected chi connectivity index (χ1v) is 12.9. The van der Waals surface area contributed by atoms with Crippen molar-refractivity contribution in [1.29, 1.82) is 0 Å². The van der Waals surface area contributed by atoms with Gasteiger partial charge < -0.3 is 20.3 Å². The van der Waals surface area contributed by atoms with Crippen LogP contribution >= 0.6 is 0 Å². The lowest BCUT2D eigenvalue weighted by atomic mass is 9.95. The summed E-state index contributed by atoms with van der Waals surface area (Å²) >= 11 is 0. The topological polar surface area (TPSA) is 104 Å². The number of benzene rings is 1. The Morgan fingerprint density at radius 1 is 1.13 bits per heavy atom. The zero-order chi connectivity index (χ0) is 28.4. The van der Waals surface area contributed by atoms with E-state index in [0.29, 0.717) is 0 Å². The molecule has 1 aliphatic carbocycles. The van der Waals surface area contributed by atoms with E-state index >= 15 is 0 Å². The Morgan fingerprint density at radius 2 is 1.79 bits per heavy atom. The lowest BCUT2D eigenvalue weighted by molar-refractivity contribution is -0.274. The van der Waals surface area contributed by atoms with E-state index in [-0.39, 0.29) is 24.0 Å². The maximum absolute atomic E-state index is 13.4. The largest absolute Gasteiger partial charge is 0.573 e. The van der Waals surface area contributed by atoms with Gasteiger partial charge >= 0.3 is 12.4 Å². The van der Waals surface area contributed by atoms with Crippen molar-refractivity contribution in [2.45, 2.75) is 83.4 Å². The smallest absolute Gasteiger partial charge is 0.404 e. The Labute approximate surface area is 224 Å². The molecular formula is C27H32F3N5O4. The summed E-state index contributed by atoms with van der Waals surface area (Å²) in [7, 11) is 0. The molecule has 4 amide bonds. The SMILES string of the molecule is CC(NC1CCCCC1)C(=O)Nc1cc(N2C(=O)N(Cc3ccncc3)C(C)(C)C2=O)ccc1OC(F)(F)F. The Morgan fingerprint density at radius 3 is 2.44 bits per heavy atom. The molecule has 1 unspecified atom stereocenters. The third-order valence-corrected chi connectivity index (χ3v) is 7.10. The molecule has 2 aromatic rings. The van der Waals surface area contributed by atoms with Gasteiger partial charge in [-0.3, -0.25) is 14.6 Å². The molecule has 1 atom stereocenters. The number of anilines is 2. The van der Waals surface area contributed by atoms with Crippen LogP contribution in [-0.4, -0.2) is 51.7 Å². The molecule has 4 rings (SSSR count). The van der Waals surface area contributed by atoms with Gasteiger partial charge in [-0.1, -0.05) is 19.3 Å². The number of hydrogen-bond acceptors (Lipinski definition) is 6. The van der Waals surface area contributed by atoms with Gasteiger partial charge in [0.2, 0.25) is 5.91 Å². The Balaban J connectivity index is 1.60. The minimum Gasteiger partial charge on any atom is -0.404 e. The molecule has 210 valence electrons. The number of aromatic nitrogens is 1. The van der Waals surface area contributed by atoms with Crippen molar-refractivity contribution in [3.05, 3.63) is 48.3 Å². The zero-order valence-electron chi connectivity index (χ0n) is 22.0. The molecule has 9 nitrogen and oxygen atoms in total. The molecule has 1 aromatic heterocycles. The van der Waals surface area contributed by atoms with Gasteiger partial charge in [-0.25, -0.2) is 9.69 Å².